The van der Waals surface area contributed by atoms with E-state index in [1.807, 2.05) is 0 Å². The van der Waals surface area contributed by atoms with Crippen molar-refractivity contribution in [3.05, 3.63) is 0 Å². The van der Waals surface area contributed by atoms with Gasteiger partial charge in [0, 0.05) is 59.3 Å². The van der Waals surface area contributed by atoms with Crippen LogP contribution in [0.4, 0.5) is 0 Å². The van der Waals surface area contributed by atoms with Gasteiger partial charge >= 0.3 is 23.9 Å². The van der Waals surface area contributed by atoms with Crippen LogP contribution in [-0.4, -0.2) is 131 Å². The first-order valence-electron chi connectivity index (χ1n) is 8.91. The van der Waals surface area contributed by atoms with E-state index in [4.69, 9.17) is 20.2 Å². The van der Waals surface area contributed by atoms with Crippen LogP contribution in [0.3, 0.4) is 0 Å². The summed E-state index contributed by atoms with van der Waals surface area (Å²) < 4.78 is 0. The molecule has 1 aliphatic rings. The monoisotopic (exact) mass is 404 g/mol. The molecule has 0 aromatic rings. The number of carboxylic acids is 3. The van der Waals surface area contributed by atoms with E-state index < -0.39 is 23.9 Å². The lowest BCUT2D eigenvalue weighted by Gasteiger charge is -2.32. The predicted octanol–water partition coefficient (Wildman–Crippen LogP) is -2.06. The van der Waals surface area contributed by atoms with Gasteiger partial charge in [0.25, 0.3) is 0 Å². The summed E-state index contributed by atoms with van der Waals surface area (Å²) in [5, 5.41) is 28.6. The Labute approximate surface area is 162 Å². The molecule has 0 amide bonds. The Bertz CT molecular complexity index is 447. The summed E-state index contributed by atoms with van der Waals surface area (Å²) in [7, 11) is 0. The fraction of sp³-hybridized carbons (Fsp3) is 0.750. The fourth-order valence-corrected chi connectivity index (χ4v) is 2.84. The molecule has 0 aromatic heterocycles. The lowest BCUT2D eigenvalue weighted by molar-refractivity contribution is -0.190. The predicted molar refractivity (Wildman–Crippen MR) is 95.6 cm³/mol. The number of rotatable bonds is 7. The highest BCUT2D eigenvalue weighted by Crippen LogP contribution is 2.02. The quantitative estimate of drug-likeness (QED) is 0.428. The van der Waals surface area contributed by atoms with E-state index in [0.29, 0.717) is 39.3 Å². The number of carbonyl (C=O) groups excluding carboxylic acids is 1. The number of carboxylic acid groups (broad SMARTS) is 3. The third-order valence-electron chi connectivity index (χ3n) is 4.13. The van der Waals surface area contributed by atoms with Gasteiger partial charge in [0.05, 0.1) is 19.6 Å². The van der Waals surface area contributed by atoms with Gasteiger partial charge in [-0.3, -0.25) is 33.9 Å². The van der Waals surface area contributed by atoms with E-state index in [-0.39, 0.29) is 32.7 Å². The summed E-state index contributed by atoms with van der Waals surface area (Å²) >= 11 is 0. The highest BCUT2D eigenvalue weighted by Gasteiger charge is 2.20. The maximum Gasteiger partial charge on any atom is 0.322 e. The molecule has 0 aromatic carbocycles. The summed E-state index contributed by atoms with van der Waals surface area (Å²) in [6.45, 7) is 2.91. The molecule has 12 nitrogen and oxygen atoms in total. The molecule has 1 rings (SSSR count). The zero-order valence-corrected chi connectivity index (χ0v) is 15.9. The molecule has 160 valence electrons. The zero-order valence-electron chi connectivity index (χ0n) is 15.9. The summed E-state index contributed by atoms with van der Waals surface area (Å²) in [5.41, 5.74) is 0. The van der Waals surface area contributed by atoms with Crippen LogP contribution in [-0.2, 0) is 24.0 Å². The van der Waals surface area contributed by atoms with Crippen molar-refractivity contribution in [1.82, 2.24) is 19.8 Å². The van der Waals surface area contributed by atoms with Crippen LogP contribution in [0.2, 0.25) is 0 Å². The molecule has 0 bridgehead atoms. The van der Waals surface area contributed by atoms with Crippen molar-refractivity contribution in [2.24, 2.45) is 0 Å². The van der Waals surface area contributed by atoms with Crippen LogP contribution >= 0.6 is 0 Å². The first kappa shape index (κ1) is 23.8. The first-order valence-corrected chi connectivity index (χ1v) is 8.91. The first-order chi connectivity index (χ1) is 13.2. The Morgan fingerprint density at radius 3 is 1.18 bits per heavy atom. The van der Waals surface area contributed by atoms with Crippen LogP contribution in [0.1, 0.15) is 6.92 Å². The fourth-order valence-electron chi connectivity index (χ4n) is 2.84. The Morgan fingerprint density at radius 1 is 0.643 bits per heavy atom. The largest absolute Gasteiger partial charge is 0.480 e. The molecule has 28 heavy (non-hydrogen) atoms. The summed E-state index contributed by atoms with van der Waals surface area (Å²) in [5.74, 6) is -3.55. The summed E-state index contributed by atoms with van der Waals surface area (Å²) in [6, 6.07) is 0. The highest BCUT2D eigenvalue weighted by molar-refractivity contribution is 5.70. The minimum absolute atomic E-state index is 0.221. The third kappa shape index (κ3) is 10.8. The Morgan fingerprint density at radius 2 is 0.929 bits per heavy atom. The van der Waals surface area contributed by atoms with E-state index in [9.17, 15) is 19.2 Å². The maximum absolute atomic E-state index is 11.3. The molecule has 0 spiro atoms. The van der Waals surface area contributed by atoms with Crippen LogP contribution in [0.25, 0.3) is 0 Å². The third-order valence-corrected chi connectivity index (χ3v) is 4.13. The Kier molecular flexibility index (Phi) is 10.4. The van der Waals surface area contributed by atoms with Gasteiger partial charge in [-0.25, -0.2) is 0 Å². The van der Waals surface area contributed by atoms with Crippen LogP contribution in [0.5, 0.6) is 0 Å². The van der Waals surface area contributed by atoms with Crippen molar-refractivity contribution in [2.75, 3.05) is 72.0 Å². The van der Waals surface area contributed by atoms with E-state index in [2.05, 4.69) is 0 Å². The number of nitrogens with zero attached hydrogens (tertiary/aromatic N) is 4. The SMILES string of the molecule is CC(=O)ON1CCN(CC(=O)O)CCN(CC(=O)O)CCN(CC(=O)O)CC1. The minimum Gasteiger partial charge on any atom is -0.480 e. The smallest absolute Gasteiger partial charge is 0.322 e. The molecular weight excluding hydrogens is 376 g/mol. The normalized spacial score (nSPS) is 19.3. The number of aliphatic carboxylic acids is 3. The molecule has 3 N–H and O–H groups in total. The number of hydrogen-bond donors (Lipinski definition) is 3. The highest BCUT2D eigenvalue weighted by atomic mass is 16.7. The number of hydrogen-bond acceptors (Lipinski definition) is 9. The molecular formula is C16H28N4O8. The van der Waals surface area contributed by atoms with Crippen molar-refractivity contribution in [2.45, 2.75) is 6.92 Å². The van der Waals surface area contributed by atoms with Crippen molar-refractivity contribution >= 4 is 23.9 Å². The van der Waals surface area contributed by atoms with Crippen molar-refractivity contribution in [1.29, 1.82) is 0 Å². The second-order valence-electron chi connectivity index (χ2n) is 6.52. The average Bonchev–Trinajstić information content (AvgIpc) is 2.55. The van der Waals surface area contributed by atoms with Gasteiger partial charge in [-0.2, -0.15) is 0 Å². The van der Waals surface area contributed by atoms with Crippen LogP contribution < -0.4 is 0 Å². The molecule has 1 saturated heterocycles. The van der Waals surface area contributed by atoms with Gasteiger partial charge in [0.15, 0.2) is 0 Å². The molecule has 0 radical (unpaired) electrons. The van der Waals surface area contributed by atoms with Gasteiger partial charge in [0.1, 0.15) is 0 Å². The lowest BCUT2D eigenvalue weighted by atomic mass is 10.3. The topological polar surface area (TPSA) is 151 Å². The maximum atomic E-state index is 11.3. The zero-order chi connectivity index (χ0) is 21.1. The van der Waals surface area contributed by atoms with E-state index in [0.717, 1.165) is 0 Å². The molecule has 0 atom stereocenters. The van der Waals surface area contributed by atoms with Crippen molar-refractivity contribution in [3.8, 4) is 0 Å². The van der Waals surface area contributed by atoms with Gasteiger partial charge in [0.2, 0.25) is 0 Å². The van der Waals surface area contributed by atoms with Crippen LogP contribution in [0.15, 0.2) is 0 Å². The molecule has 12 heteroatoms. The molecule has 0 aliphatic carbocycles. The molecule has 0 unspecified atom stereocenters. The lowest BCUT2D eigenvalue weighted by Crippen LogP contribution is -2.48. The second kappa shape index (κ2) is 12.2. The van der Waals surface area contributed by atoms with Gasteiger partial charge in [-0.15, -0.1) is 5.06 Å². The number of hydroxylamine groups is 2. The van der Waals surface area contributed by atoms with Gasteiger partial charge < -0.3 is 20.2 Å². The standard InChI is InChI=1S/C16H28N4O8/c1-13(21)28-20-8-6-18(11-15(24)25)4-2-17(10-14(22)23)3-5-19(7-9-20)12-16(26)27/h2-12H2,1H3,(H,22,23)(H,24,25)(H,26,27). The van der Waals surface area contributed by atoms with E-state index in [1.54, 1.807) is 14.7 Å². The summed E-state index contributed by atoms with van der Waals surface area (Å²) in [6.07, 6.45) is 0. The summed E-state index contributed by atoms with van der Waals surface area (Å²) in [4.78, 5) is 54.7. The molecule has 1 fully saturated rings. The molecule has 1 heterocycles. The van der Waals surface area contributed by atoms with Gasteiger partial charge in [-0.1, -0.05) is 0 Å². The minimum atomic E-state index is -1.01. The van der Waals surface area contributed by atoms with Gasteiger partial charge in [-0.05, 0) is 0 Å². The van der Waals surface area contributed by atoms with Crippen molar-refractivity contribution in [3.63, 3.8) is 0 Å². The Balaban J connectivity index is 2.90. The van der Waals surface area contributed by atoms with Crippen LogP contribution in [0, 0.1) is 0 Å². The van der Waals surface area contributed by atoms with Crippen molar-refractivity contribution < 1.29 is 39.3 Å². The Hall–Kier alpha value is -2.28. The second-order valence-corrected chi connectivity index (χ2v) is 6.52. The van der Waals surface area contributed by atoms with E-state index in [1.165, 1.54) is 12.0 Å². The average molecular weight is 404 g/mol. The number of carbonyl (C=O) groups is 4. The van der Waals surface area contributed by atoms with E-state index >= 15 is 0 Å². The molecule has 1 aliphatic heterocycles. The molecule has 0 saturated carbocycles.